The Labute approximate surface area is 140 Å². The number of guanidine groups is 1. The van der Waals surface area contributed by atoms with E-state index in [9.17, 15) is 0 Å². The minimum atomic E-state index is 0.734. The molecule has 126 valence electrons. The fraction of sp³-hybridized carbons (Fsp3) is 0.500. The van der Waals surface area contributed by atoms with Crippen molar-refractivity contribution < 1.29 is 0 Å². The predicted molar refractivity (Wildman–Crippen MR) is 97.7 cm³/mol. The van der Waals surface area contributed by atoms with Crippen molar-refractivity contribution in [2.24, 2.45) is 4.99 Å². The summed E-state index contributed by atoms with van der Waals surface area (Å²) in [4.78, 5) is 9.23. The molecule has 2 N–H and O–H groups in total. The van der Waals surface area contributed by atoms with Crippen molar-refractivity contribution in [2.45, 2.75) is 6.54 Å². The molecule has 1 aliphatic heterocycles. The largest absolute Gasteiger partial charge is 0.355 e. The fourth-order valence-electron chi connectivity index (χ4n) is 2.73. The number of nitrogens with zero attached hydrogens (tertiary/aromatic N) is 3. The first-order valence-corrected chi connectivity index (χ1v) is 8.36. The van der Waals surface area contributed by atoms with E-state index in [0.717, 1.165) is 58.3 Å². The molecule has 0 spiro atoms. The summed E-state index contributed by atoms with van der Waals surface area (Å²) >= 11 is 0. The molecule has 23 heavy (non-hydrogen) atoms. The molecule has 1 aliphatic rings. The van der Waals surface area contributed by atoms with Crippen LogP contribution in [0.3, 0.4) is 0 Å². The first-order valence-electron chi connectivity index (χ1n) is 8.36. The number of rotatable bonds is 7. The van der Waals surface area contributed by atoms with E-state index in [1.54, 1.807) is 7.05 Å². The van der Waals surface area contributed by atoms with E-state index in [1.165, 1.54) is 5.56 Å². The highest BCUT2D eigenvalue weighted by atomic mass is 15.3. The molecule has 0 saturated carbocycles. The van der Waals surface area contributed by atoms with Gasteiger partial charge in [0.25, 0.3) is 0 Å². The van der Waals surface area contributed by atoms with Crippen molar-refractivity contribution in [3.05, 3.63) is 48.6 Å². The average molecular weight is 315 g/mol. The Bertz CT molecular complexity index is 477. The molecule has 0 amide bonds. The van der Waals surface area contributed by atoms with Crippen LogP contribution in [0.1, 0.15) is 5.56 Å². The molecular weight excluding hydrogens is 286 g/mol. The monoisotopic (exact) mass is 315 g/mol. The van der Waals surface area contributed by atoms with Gasteiger partial charge < -0.3 is 10.6 Å². The van der Waals surface area contributed by atoms with Gasteiger partial charge in [0.2, 0.25) is 0 Å². The summed E-state index contributed by atoms with van der Waals surface area (Å²) in [6.07, 6.45) is 1.83. The van der Waals surface area contributed by atoms with E-state index in [4.69, 9.17) is 0 Å². The lowest BCUT2D eigenvalue weighted by molar-refractivity contribution is 0.129. The van der Waals surface area contributed by atoms with Crippen LogP contribution in [0, 0.1) is 0 Å². The summed E-state index contributed by atoms with van der Waals surface area (Å²) in [5.41, 5.74) is 1.40. The number of aliphatic imine (C=N–C) groups is 1. The van der Waals surface area contributed by atoms with Gasteiger partial charge in [-0.25, -0.2) is 0 Å². The average Bonchev–Trinajstić information content (AvgIpc) is 2.60. The molecule has 0 aromatic heterocycles. The van der Waals surface area contributed by atoms with Gasteiger partial charge in [0, 0.05) is 59.4 Å². The maximum absolute atomic E-state index is 4.19. The summed E-state index contributed by atoms with van der Waals surface area (Å²) in [6, 6.07) is 10.7. The topological polar surface area (TPSA) is 42.9 Å². The summed E-state index contributed by atoms with van der Waals surface area (Å²) in [7, 11) is 1.79. The number of piperazine rings is 1. The van der Waals surface area contributed by atoms with Gasteiger partial charge in [-0.2, -0.15) is 0 Å². The molecule has 5 heteroatoms. The van der Waals surface area contributed by atoms with Crippen LogP contribution < -0.4 is 10.6 Å². The van der Waals surface area contributed by atoms with Gasteiger partial charge in [0.05, 0.1) is 0 Å². The predicted octanol–water partition coefficient (Wildman–Crippen LogP) is 1.16. The highest BCUT2D eigenvalue weighted by Gasteiger charge is 2.16. The number of benzene rings is 1. The second-order valence-electron chi connectivity index (χ2n) is 5.77. The second kappa shape index (κ2) is 10.0. The van der Waals surface area contributed by atoms with Crippen LogP contribution in [0.5, 0.6) is 0 Å². The zero-order valence-corrected chi connectivity index (χ0v) is 14.2. The molecule has 0 bridgehead atoms. The summed E-state index contributed by atoms with van der Waals surface area (Å²) in [6.45, 7) is 12.0. The van der Waals surface area contributed by atoms with Crippen molar-refractivity contribution in [1.82, 2.24) is 20.4 Å². The van der Waals surface area contributed by atoms with Crippen LogP contribution in [-0.4, -0.2) is 68.6 Å². The van der Waals surface area contributed by atoms with Gasteiger partial charge in [-0.05, 0) is 5.56 Å². The van der Waals surface area contributed by atoms with E-state index < -0.39 is 0 Å². The van der Waals surface area contributed by atoms with Crippen LogP contribution in [0.4, 0.5) is 0 Å². The highest BCUT2D eigenvalue weighted by Crippen LogP contribution is 2.07. The SMILES string of the molecule is C=CCNC(=NC)NCCN1CCN(Cc2ccccc2)CC1. The van der Waals surface area contributed by atoms with Crippen molar-refractivity contribution in [3.8, 4) is 0 Å². The van der Waals surface area contributed by atoms with E-state index in [2.05, 4.69) is 62.3 Å². The van der Waals surface area contributed by atoms with Crippen LogP contribution >= 0.6 is 0 Å². The van der Waals surface area contributed by atoms with E-state index in [0.29, 0.717) is 0 Å². The molecule has 2 rings (SSSR count). The van der Waals surface area contributed by atoms with Crippen molar-refractivity contribution in [1.29, 1.82) is 0 Å². The molecule has 1 saturated heterocycles. The Morgan fingerprint density at radius 2 is 1.83 bits per heavy atom. The standard InChI is InChI=1S/C18H29N5/c1-3-9-20-18(19-2)21-10-11-22-12-14-23(15-13-22)16-17-7-5-4-6-8-17/h3-8H,1,9-16H2,2H3,(H2,19,20,21). The summed E-state index contributed by atoms with van der Waals surface area (Å²) < 4.78 is 0. The van der Waals surface area contributed by atoms with E-state index in [-0.39, 0.29) is 0 Å². The molecular formula is C18H29N5. The van der Waals surface area contributed by atoms with Crippen molar-refractivity contribution in [2.75, 3.05) is 52.9 Å². The van der Waals surface area contributed by atoms with Gasteiger partial charge in [-0.3, -0.25) is 14.8 Å². The van der Waals surface area contributed by atoms with E-state index in [1.807, 2.05) is 6.08 Å². The lowest BCUT2D eigenvalue weighted by Gasteiger charge is -2.34. The summed E-state index contributed by atoms with van der Waals surface area (Å²) in [5, 5.41) is 6.52. The van der Waals surface area contributed by atoms with Gasteiger partial charge in [-0.1, -0.05) is 36.4 Å². The molecule has 1 aromatic rings. The third kappa shape index (κ3) is 6.42. The van der Waals surface area contributed by atoms with Crippen LogP contribution in [0.15, 0.2) is 48.0 Å². The molecule has 0 aliphatic carbocycles. The van der Waals surface area contributed by atoms with Crippen LogP contribution in [0.25, 0.3) is 0 Å². The third-order valence-corrected chi connectivity index (χ3v) is 4.07. The first-order chi connectivity index (χ1) is 11.3. The zero-order valence-electron chi connectivity index (χ0n) is 14.2. The van der Waals surface area contributed by atoms with Crippen LogP contribution in [0.2, 0.25) is 0 Å². The minimum Gasteiger partial charge on any atom is -0.355 e. The Balaban J connectivity index is 1.62. The molecule has 0 unspecified atom stereocenters. The molecule has 0 radical (unpaired) electrons. The molecule has 5 nitrogen and oxygen atoms in total. The highest BCUT2D eigenvalue weighted by molar-refractivity contribution is 5.79. The maximum atomic E-state index is 4.19. The smallest absolute Gasteiger partial charge is 0.191 e. The Kier molecular flexibility index (Phi) is 7.63. The molecule has 1 heterocycles. The third-order valence-electron chi connectivity index (χ3n) is 4.07. The van der Waals surface area contributed by atoms with E-state index >= 15 is 0 Å². The lowest BCUT2D eigenvalue weighted by Crippen LogP contribution is -2.49. The normalized spacial score (nSPS) is 17.0. The molecule has 1 fully saturated rings. The Morgan fingerprint density at radius 3 is 2.48 bits per heavy atom. The number of nitrogens with one attached hydrogen (secondary N) is 2. The van der Waals surface area contributed by atoms with Crippen molar-refractivity contribution in [3.63, 3.8) is 0 Å². The molecule has 0 atom stereocenters. The lowest BCUT2D eigenvalue weighted by atomic mass is 10.2. The van der Waals surface area contributed by atoms with Crippen LogP contribution in [-0.2, 0) is 6.54 Å². The van der Waals surface area contributed by atoms with Crippen molar-refractivity contribution >= 4 is 5.96 Å². The zero-order chi connectivity index (χ0) is 16.3. The van der Waals surface area contributed by atoms with Gasteiger partial charge in [0.1, 0.15) is 0 Å². The number of hydrogen-bond acceptors (Lipinski definition) is 3. The Morgan fingerprint density at radius 1 is 1.13 bits per heavy atom. The van der Waals surface area contributed by atoms with Gasteiger partial charge in [0.15, 0.2) is 5.96 Å². The minimum absolute atomic E-state index is 0.734. The molecule has 1 aromatic carbocycles. The first kappa shape index (κ1) is 17.5. The number of hydrogen-bond donors (Lipinski definition) is 2. The maximum Gasteiger partial charge on any atom is 0.191 e. The summed E-state index contributed by atoms with van der Waals surface area (Å²) in [5.74, 6) is 0.840. The second-order valence-corrected chi connectivity index (χ2v) is 5.77. The fourth-order valence-corrected chi connectivity index (χ4v) is 2.73. The van der Waals surface area contributed by atoms with Gasteiger partial charge in [-0.15, -0.1) is 6.58 Å². The Hall–Kier alpha value is -1.85. The quantitative estimate of drug-likeness (QED) is 0.450. The van der Waals surface area contributed by atoms with Gasteiger partial charge >= 0.3 is 0 Å².